The summed E-state index contributed by atoms with van der Waals surface area (Å²) in [6.07, 6.45) is 5.76. The zero-order valence-electron chi connectivity index (χ0n) is 21.7. The molecule has 0 unspecified atom stereocenters. The van der Waals surface area contributed by atoms with Gasteiger partial charge in [-0.3, -0.25) is 14.5 Å². The Kier molecular flexibility index (Phi) is 9.17. The molecule has 0 spiro atoms. The van der Waals surface area contributed by atoms with Crippen LogP contribution >= 0.6 is 0 Å². The van der Waals surface area contributed by atoms with E-state index < -0.39 is 18.7 Å². The number of esters is 1. The summed E-state index contributed by atoms with van der Waals surface area (Å²) in [5.41, 5.74) is 8.47. The van der Waals surface area contributed by atoms with Crippen molar-refractivity contribution in [2.75, 3.05) is 32.9 Å². The molecule has 9 heteroatoms. The molecule has 2 aromatic rings. The number of aryl methyl sites for hydroxylation is 2. The fraction of sp³-hybridized carbons (Fsp3) is 0.607. The van der Waals surface area contributed by atoms with E-state index in [0.717, 1.165) is 68.2 Å². The number of carbonyl (C=O) groups is 2. The first-order valence-corrected chi connectivity index (χ1v) is 13.5. The Labute approximate surface area is 218 Å². The average molecular weight is 512 g/mol. The molecule has 2 saturated heterocycles. The number of amides is 1. The van der Waals surface area contributed by atoms with Gasteiger partial charge in [0.15, 0.2) is 0 Å². The lowest BCUT2D eigenvalue weighted by Gasteiger charge is -2.32. The van der Waals surface area contributed by atoms with Gasteiger partial charge in [0.25, 0.3) is 0 Å². The fourth-order valence-electron chi connectivity index (χ4n) is 5.91. The largest absolute Gasteiger partial charge is 0.465 e. The monoisotopic (exact) mass is 511 g/mol. The number of carbonyl (C=O) groups excluding carboxylic acids is 2. The Bertz CT molecular complexity index is 1140. The summed E-state index contributed by atoms with van der Waals surface area (Å²) in [4.78, 5) is 29.7. The molecule has 8 nitrogen and oxygen atoms in total. The summed E-state index contributed by atoms with van der Waals surface area (Å²) in [7, 11) is 0. The molecule has 3 heterocycles. The predicted molar refractivity (Wildman–Crippen MR) is 140 cm³/mol. The number of aromatic nitrogens is 1. The van der Waals surface area contributed by atoms with Crippen LogP contribution in [0, 0.1) is 11.3 Å². The lowest BCUT2D eigenvalue weighted by Crippen LogP contribution is -2.48. The Morgan fingerprint density at radius 1 is 1.22 bits per heavy atom. The topological polar surface area (TPSA) is 105 Å². The van der Waals surface area contributed by atoms with Gasteiger partial charge in [0.2, 0.25) is 5.91 Å². The first-order valence-electron chi connectivity index (χ1n) is 13.5. The van der Waals surface area contributed by atoms with E-state index in [0.29, 0.717) is 25.1 Å². The molecule has 0 aliphatic carbocycles. The molecule has 0 saturated carbocycles. The van der Waals surface area contributed by atoms with E-state index in [9.17, 15) is 19.2 Å². The van der Waals surface area contributed by atoms with Crippen LogP contribution in [0.3, 0.4) is 0 Å². The van der Waals surface area contributed by atoms with Crippen molar-refractivity contribution in [3.63, 3.8) is 0 Å². The number of halogens is 1. The van der Waals surface area contributed by atoms with Gasteiger partial charge >= 0.3 is 5.97 Å². The SMILES string of the molecule is CCOC(=O)[C@@H](N)CCN1CCC[C@@H]1C(=O)N1CCC[C@H]1CCc1cc2ccc(C#N)cc2n1CCF. The first-order chi connectivity index (χ1) is 18.0. The number of nitrogens with two attached hydrogens (primary N) is 1. The standard InChI is InChI=1S/C28H38FN5O3/c1-2-37-28(36)24(31)11-15-32-13-4-6-25(32)27(35)34-14-3-5-22(34)9-10-23-18-21-8-7-20(19-30)17-26(21)33(23)16-12-29/h7-8,17-18,22,24-25H,2-6,9-16,31H2,1H3/t22-,24-,25+/m0/s1. The Morgan fingerprint density at radius 2 is 2.03 bits per heavy atom. The highest BCUT2D eigenvalue weighted by Gasteiger charge is 2.38. The second kappa shape index (κ2) is 12.5. The maximum absolute atomic E-state index is 13.6. The Hall–Kier alpha value is -2.96. The van der Waals surface area contributed by atoms with E-state index in [1.54, 1.807) is 13.0 Å². The highest BCUT2D eigenvalue weighted by atomic mass is 19.1. The quantitative estimate of drug-likeness (QED) is 0.465. The minimum Gasteiger partial charge on any atom is -0.465 e. The van der Waals surface area contributed by atoms with E-state index >= 15 is 0 Å². The van der Waals surface area contributed by atoms with Crippen LogP contribution in [0.5, 0.6) is 0 Å². The predicted octanol–water partition coefficient (Wildman–Crippen LogP) is 3.15. The summed E-state index contributed by atoms with van der Waals surface area (Å²) in [6.45, 7) is 4.04. The summed E-state index contributed by atoms with van der Waals surface area (Å²) < 4.78 is 20.4. The van der Waals surface area contributed by atoms with E-state index in [4.69, 9.17) is 10.5 Å². The molecule has 37 heavy (non-hydrogen) atoms. The molecule has 1 aromatic heterocycles. The summed E-state index contributed by atoms with van der Waals surface area (Å²) >= 11 is 0. The molecule has 1 amide bonds. The second-order valence-electron chi connectivity index (χ2n) is 10.1. The van der Waals surface area contributed by atoms with Crippen molar-refractivity contribution in [1.29, 1.82) is 5.26 Å². The average Bonchev–Trinajstić information content (AvgIpc) is 3.64. The molecule has 2 aliphatic rings. The van der Waals surface area contributed by atoms with Gasteiger partial charge in [-0.05, 0) is 82.0 Å². The molecule has 0 radical (unpaired) electrons. The van der Waals surface area contributed by atoms with Gasteiger partial charge in [-0.1, -0.05) is 6.07 Å². The third-order valence-corrected chi connectivity index (χ3v) is 7.79. The van der Waals surface area contributed by atoms with Crippen LogP contribution in [0.4, 0.5) is 4.39 Å². The van der Waals surface area contributed by atoms with Crippen molar-refractivity contribution in [2.24, 2.45) is 5.73 Å². The van der Waals surface area contributed by atoms with Gasteiger partial charge < -0.3 is 19.9 Å². The van der Waals surface area contributed by atoms with Crippen LogP contribution in [-0.2, 0) is 27.3 Å². The Balaban J connectivity index is 1.40. The summed E-state index contributed by atoms with van der Waals surface area (Å²) in [5.74, 6) is -0.217. The smallest absolute Gasteiger partial charge is 0.322 e. The van der Waals surface area contributed by atoms with Gasteiger partial charge in [-0.25, -0.2) is 4.39 Å². The van der Waals surface area contributed by atoms with Crippen LogP contribution < -0.4 is 5.73 Å². The number of rotatable bonds is 11. The normalized spacial score (nSPS) is 20.9. The van der Waals surface area contributed by atoms with Crippen molar-refractivity contribution < 1.29 is 18.7 Å². The fourth-order valence-corrected chi connectivity index (χ4v) is 5.91. The minimum atomic E-state index is -0.670. The van der Waals surface area contributed by atoms with Crippen LogP contribution in [-0.4, -0.2) is 77.3 Å². The summed E-state index contributed by atoms with van der Waals surface area (Å²) in [5, 5.41) is 10.3. The van der Waals surface area contributed by atoms with E-state index in [1.165, 1.54) is 0 Å². The van der Waals surface area contributed by atoms with Crippen LogP contribution in [0.2, 0.25) is 0 Å². The van der Waals surface area contributed by atoms with Crippen molar-refractivity contribution in [2.45, 2.75) is 76.5 Å². The minimum absolute atomic E-state index is 0.156. The van der Waals surface area contributed by atoms with Crippen LogP contribution in [0.25, 0.3) is 10.9 Å². The van der Waals surface area contributed by atoms with Gasteiger partial charge in [0, 0.05) is 30.3 Å². The maximum Gasteiger partial charge on any atom is 0.322 e. The Morgan fingerprint density at radius 3 is 2.78 bits per heavy atom. The zero-order valence-corrected chi connectivity index (χ0v) is 21.7. The second-order valence-corrected chi connectivity index (χ2v) is 10.1. The van der Waals surface area contributed by atoms with Crippen molar-refractivity contribution >= 4 is 22.8 Å². The van der Waals surface area contributed by atoms with Gasteiger partial charge in [-0.2, -0.15) is 5.26 Å². The highest BCUT2D eigenvalue weighted by molar-refractivity contribution is 5.83. The molecule has 3 atom stereocenters. The zero-order chi connectivity index (χ0) is 26.4. The van der Waals surface area contributed by atoms with E-state index in [2.05, 4.69) is 17.0 Å². The number of likely N-dealkylation sites (tertiary alicyclic amines) is 2. The third-order valence-electron chi connectivity index (χ3n) is 7.79. The molecule has 2 fully saturated rings. The lowest BCUT2D eigenvalue weighted by atomic mass is 10.1. The molecule has 2 N–H and O–H groups in total. The molecule has 4 rings (SSSR count). The number of hydrogen-bond acceptors (Lipinski definition) is 6. The molecule has 2 aliphatic heterocycles. The van der Waals surface area contributed by atoms with Gasteiger partial charge in [-0.15, -0.1) is 0 Å². The number of hydrogen-bond donors (Lipinski definition) is 1. The molecule has 200 valence electrons. The van der Waals surface area contributed by atoms with Crippen molar-refractivity contribution in [3.05, 3.63) is 35.5 Å². The van der Waals surface area contributed by atoms with E-state index in [-0.39, 0.29) is 24.5 Å². The number of ether oxygens (including phenoxy) is 1. The van der Waals surface area contributed by atoms with Crippen molar-refractivity contribution in [3.8, 4) is 6.07 Å². The molecule has 1 aromatic carbocycles. The molecular formula is C28H38FN5O3. The first kappa shape index (κ1) is 27.1. The number of fused-ring (bicyclic) bond motifs is 1. The van der Waals surface area contributed by atoms with Gasteiger partial charge in [0.1, 0.15) is 12.7 Å². The van der Waals surface area contributed by atoms with Crippen LogP contribution in [0.15, 0.2) is 24.3 Å². The lowest BCUT2D eigenvalue weighted by molar-refractivity contribution is -0.144. The van der Waals surface area contributed by atoms with Crippen LogP contribution in [0.1, 0.15) is 56.7 Å². The number of nitrogens with zero attached hydrogens (tertiary/aromatic N) is 4. The highest BCUT2D eigenvalue weighted by Crippen LogP contribution is 2.29. The van der Waals surface area contributed by atoms with Gasteiger partial charge in [0.05, 0.1) is 30.8 Å². The van der Waals surface area contributed by atoms with Crippen molar-refractivity contribution in [1.82, 2.24) is 14.4 Å². The van der Waals surface area contributed by atoms with E-state index in [1.807, 2.05) is 21.6 Å². The summed E-state index contributed by atoms with van der Waals surface area (Å²) in [6, 6.07) is 9.09. The number of nitriles is 1. The maximum atomic E-state index is 13.6. The molecular weight excluding hydrogens is 473 g/mol. The number of alkyl halides is 1. The third kappa shape index (κ3) is 6.13. The molecule has 0 bridgehead atoms. The number of benzene rings is 1.